The Balaban J connectivity index is 1.41. The van der Waals surface area contributed by atoms with E-state index in [2.05, 4.69) is 5.43 Å². The molecule has 0 aromatic rings. The molecule has 0 radical (unpaired) electrons. The van der Waals surface area contributed by atoms with Crippen LogP contribution in [0, 0.1) is 5.41 Å². The lowest BCUT2D eigenvalue weighted by Gasteiger charge is -2.45. The molecule has 0 saturated carbocycles. The maximum absolute atomic E-state index is 12.9. The normalized spacial score (nSPS) is 26.2. The number of amides is 1. The summed E-state index contributed by atoms with van der Waals surface area (Å²) < 4.78 is 10.8. The summed E-state index contributed by atoms with van der Waals surface area (Å²) in [5, 5.41) is 2.05. The highest BCUT2D eigenvalue weighted by Crippen LogP contribution is 2.47. The van der Waals surface area contributed by atoms with Crippen LogP contribution in [0.4, 0.5) is 4.79 Å². The molecule has 7 nitrogen and oxygen atoms in total. The second-order valence-corrected chi connectivity index (χ2v) is 9.09. The number of likely N-dealkylation sites (tertiary alicyclic amines) is 1. The first-order chi connectivity index (χ1) is 12.3. The summed E-state index contributed by atoms with van der Waals surface area (Å²) in [4.78, 5) is 27.0. The van der Waals surface area contributed by atoms with E-state index in [0.717, 1.165) is 31.5 Å². The van der Waals surface area contributed by atoms with Gasteiger partial charge in [-0.3, -0.25) is 9.80 Å². The number of piperidine rings is 1. The molecule has 0 aromatic heterocycles. The fourth-order valence-corrected chi connectivity index (χ4v) is 4.46. The molecule has 1 aliphatic carbocycles. The molecule has 3 aliphatic heterocycles. The third-order valence-electron chi connectivity index (χ3n) is 5.89. The molecule has 144 valence electrons. The molecule has 4 aliphatic rings. The molecule has 0 aromatic carbocycles. The van der Waals surface area contributed by atoms with E-state index < -0.39 is 5.60 Å². The van der Waals surface area contributed by atoms with Gasteiger partial charge in [0.15, 0.2) is 5.78 Å². The average Bonchev–Trinajstić information content (AvgIpc) is 2.88. The van der Waals surface area contributed by atoms with Crippen LogP contribution in [0.5, 0.6) is 0 Å². The lowest BCUT2D eigenvalue weighted by atomic mass is 9.67. The lowest BCUT2D eigenvalue weighted by Crippen LogP contribution is -2.53. The molecule has 1 N–H and O–H groups in total. The van der Waals surface area contributed by atoms with Gasteiger partial charge in [0.05, 0.1) is 25.0 Å². The number of hydrogen-bond acceptors (Lipinski definition) is 6. The number of ketones is 1. The molecule has 2 saturated heterocycles. The van der Waals surface area contributed by atoms with E-state index in [0.29, 0.717) is 32.7 Å². The van der Waals surface area contributed by atoms with Gasteiger partial charge >= 0.3 is 6.09 Å². The second-order valence-electron chi connectivity index (χ2n) is 9.09. The van der Waals surface area contributed by atoms with Crippen LogP contribution >= 0.6 is 0 Å². The number of hydrogen-bond donors (Lipinski definition) is 1. The third kappa shape index (κ3) is 3.22. The fraction of sp³-hybridized carbons (Fsp3) is 0.789. The molecular formula is C19H29N3O4. The van der Waals surface area contributed by atoms with Crippen LogP contribution in [0.15, 0.2) is 11.3 Å². The van der Waals surface area contributed by atoms with Crippen LogP contribution in [0.2, 0.25) is 0 Å². The van der Waals surface area contributed by atoms with Crippen molar-refractivity contribution in [2.75, 3.05) is 32.8 Å². The van der Waals surface area contributed by atoms with Crippen molar-refractivity contribution < 1.29 is 19.1 Å². The number of hydrazine groups is 1. The molecule has 7 heteroatoms. The predicted molar refractivity (Wildman–Crippen MR) is 95.2 cm³/mol. The van der Waals surface area contributed by atoms with Gasteiger partial charge in [0, 0.05) is 26.1 Å². The van der Waals surface area contributed by atoms with Gasteiger partial charge in [-0.25, -0.2) is 10.2 Å². The van der Waals surface area contributed by atoms with Gasteiger partial charge < -0.3 is 14.4 Å². The van der Waals surface area contributed by atoms with Gasteiger partial charge in [-0.2, -0.15) is 0 Å². The van der Waals surface area contributed by atoms with Crippen LogP contribution in [0.25, 0.3) is 0 Å². The number of Topliss-reactive ketones (excluding diaryl/α,β-unsaturated/α-hetero) is 1. The number of rotatable bonds is 1. The third-order valence-corrected chi connectivity index (χ3v) is 5.89. The van der Waals surface area contributed by atoms with Crippen LogP contribution in [-0.2, 0) is 14.3 Å². The summed E-state index contributed by atoms with van der Waals surface area (Å²) in [7, 11) is 0. The number of nitrogens with zero attached hydrogens (tertiary/aromatic N) is 2. The van der Waals surface area contributed by atoms with E-state index in [1.165, 1.54) is 5.57 Å². The van der Waals surface area contributed by atoms with E-state index in [9.17, 15) is 9.59 Å². The van der Waals surface area contributed by atoms with Crippen molar-refractivity contribution in [3.63, 3.8) is 0 Å². The van der Waals surface area contributed by atoms with Crippen LogP contribution in [0.1, 0.15) is 46.5 Å². The quantitative estimate of drug-likeness (QED) is 0.767. The minimum atomic E-state index is -0.475. The molecule has 0 atom stereocenters. The van der Waals surface area contributed by atoms with Gasteiger partial charge in [0.2, 0.25) is 0 Å². The van der Waals surface area contributed by atoms with Crippen molar-refractivity contribution in [3.05, 3.63) is 11.3 Å². The summed E-state index contributed by atoms with van der Waals surface area (Å²) in [6.45, 7) is 9.12. The summed E-state index contributed by atoms with van der Waals surface area (Å²) in [5.41, 5.74) is 5.03. The zero-order valence-electron chi connectivity index (χ0n) is 16.0. The Labute approximate surface area is 154 Å². The summed E-state index contributed by atoms with van der Waals surface area (Å²) in [6.07, 6.45) is 3.02. The SMILES string of the molecule is CC(C)(C)OC(=O)N1CCC2(CC1)CC(=O)C1=C(CNN1C1COC1)C2. The minimum absolute atomic E-state index is 0.00221. The highest BCUT2D eigenvalue weighted by Gasteiger charge is 2.47. The molecule has 26 heavy (non-hydrogen) atoms. The van der Waals surface area contributed by atoms with Gasteiger partial charge in [0.25, 0.3) is 0 Å². The topological polar surface area (TPSA) is 71.1 Å². The zero-order chi connectivity index (χ0) is 18.5. The summed E-state index contributed by atoms with van der Waals surface area (Å²) >= 11 is 0. The highest BCUT2D eigenvalue weighted by molar-refractivity contribution is 5.97. The minimum Gasteiger partial charge on any atom is -0.444 e. The molecule has 0 unspecified atom stereocenters. The molecule has 4 rings (SSSR count). The Hall–Kier alpha value is -1.60. The van der Waals surface area contributed by atoms with Crippen LogP contribution in [-0.4, -0.2) is 66.3 Å². The fourth-order valence-electron chi connectivity index (χ4n) is 4.46. The molecular weight excluding hydrogens is 334 g/mol. The molecule has 1 amide bonds. The Morgan fingerprint density at radius 1 is 1.23 bits per heavy atom. The van der Waals surface area contributed by atoms with Gasteiger partial charge in [0.1, 0.15) is 5.60 Å². The maximum Gasteiger partial charge on any atom is 0.410 e. The first-order valence-electron chi connectivity index (χ1n) is 9.60. The lowest BCUT2D eigenvalue weighted by molar-refractivity contribution is -0.124. The van der Waals surface area contributed by atoms with Crippen LogP contribution < -0.4 is 5.43 Å². The predicted octanol–water partition coefficient (Wildman–Crippen LogP) is 1.84. The monoisotopic (exact) mass is 363 g/mol. The Bertz CT molecular complexity index is 640. The van der Waals surface area contributed by atoms with Crippen molar-refractivity contribution in [2.24, 2.45) is 5.41 Å². The Kier molecular flexibility index (Phi) is 4.27. The average molecular weight is 363 g/mol. The molecule has 2 fully saturated rings. The first-order valence-corrected chi connectivity index (χ1v) is 9.60. The standard InChI is InChI=1S/C19H29N3O4/c1-18(2,3)26-17(24)21-6-4-19(5-7-21)8-13-10-20-22(14-11-25-12-14)16(13)15(23)9-19/h14,20H,4-12H2,1-3H3. The van der Waals surface area contributed by atoms with Crippen molar-refractivity contribution in [1.82, 2.24) is 15.3 Å². The number of carbonyl (C=O) groups is 2. The van der Waals surface area contributed by atoms with Gasteiger partial charge in [-0.15, -0.1) is 0 Å². The van der Waals surface area contributed by atoms with Crippen molar-refractivity contribution in [2.45, 2.75) is 58.1 Å². The Morgan fingerprint density at radius 2 is 1.92 bits per heavy atom. The summed E-state index contributed by atoms with van der Waals surface area (Å²) in [5.74, 6) is 0.244. The van der Waals surface area contributed by atoms with Gasteiger partial charge in [-0.05, 0) is 51.0 Å². The van der Waals surface area contributed by atoms with Crippen molar-refractivity contribution in [3.8, 4) is 0 Å². The molecule has 1 spiro atoms. The van der Waals surface area contributed by atoms with Crippen molar-refractivity contribution in [1.29, 1.82) is 0 Å². The largest absolute Gasteiger partial charge is 0.444 e. The molecule has 0 bridgehead atoms. The number of carbonyl (C=O) groups excluding carboxylic acids is 2. The maximum atomic E-state index is 12.9. The zero-order valence-corrected chi connectivity index (χ0v) is 16.0. The smallest absolute Gasteiger partial charge is 0.410 e. The van der Waals surface area contributed by atoms with E-state index in [1.807, 2.05) is 25.8 Å². The van der Waals surface area contributed by atoms with E-state index in [-0.39, 0.29) is 23.3 Å². The van der Waals surface area contributed by atoms with Gasteiger partial charge in [-0.1, -0.05) is 0 Å². The van der Waals surface area contributed by atoms with E-state index >= 15 is 0 Å². The van der Waals surface area contributed by atoms with Crippen LogP contribution in [0.3, 0.4) is 0 Å². The second kappa shape index (κ2) is 6.23. The number of allylic oxidation sites excluding steroid dienone is 1. The number of nitrogens with one attached hydrogen (secondary N) is 1. The Morgan fingerprint density at radius 3 is 2.50 bits per heavy atom. The molecule has 3 heterocycles. The number of ether oxygens (including phenoxy) is 2. The highest BCUT2D eigenvalue weighted by atomic mass is 16.6. The first kappa shape index (κ1) is 17.8. The van der Waals surface area contributed by atoms with E-state index in [1.54, 1.807) is 4.90 Å². The van der Waals surface area contributed by atoms with E-state index in [4.69, 9.17) is 9.47 Å². The summed E-state index contributed by atoms with van der Waals surface area (Å²) in [6, 6.07) is 0.287. The van der Waals surface area contributed by atoms with Crippen molar-refractivity contribution >= 4 is 11.9 Å².